The minimum Gasteiger partial charge on any atom is -0.456 e. The Balaban J connectivity index is 1.43. The third-order valence-corrected chi connectivity index (χ3v) is 10.5. The zero-order valence-electron chi connectivity index (χ0n) is 28.8. The summed E-state index contributed by atoms with van der Waals surface area (Å²) < 4.78 is 6.50. The van der Waals surface area contributed by atoms with Crippen molar-refractivity contribution in [3.8, 4) is 0 Å². The molecular weight excluding hydrogens is 605 g/mol. The molecule has 50 heavy (non-hydrogen) atoms. The summed E-state index contributed by atoms with van der Waals surface area (Å²) in [6, 6.07) is 38.6. The molecule has 0 aliphatic heterocycles. The van der Waals surface area contributed by atoms with Gasteiger partial charge in [0.25, 0.3) is 0 Å². The molecule has 1 nitrogen and oxygen atoms in total. The second-order valence-corrected chi connectivity index (χ2v) is 13.8. The Morgan fingerprint density at radius 3 is 2.00 bits per heavy atom. The lowest BCUT2D eigenvalue weighted by Gasteiger charge is -2.27. The smallest absolute Gasteiger partial charge is 0.136 e. The van der Waals surface area contributed by atoms with Crippen molar-refractivity contribution in [3.05, 3.63) is 197 Å². The van der Waals surface area contributed by atoms with Gasteiger partial charge >= 0.3 is 0 Å². The maximum absolute atomic E-state index is 6.50. The number of benzene rings is 5. The van der Waals surface area contributed by atoms with E-state index in [0.717, 1.165) is 89.8 Å². The SMILES string of the molecule is C=Cc1ccccc1C(=C)C1=c2\cccc\c2=C(C(=C)c2cc3c(cc2C2=Cc4ccccc4C2(C)C)oc2ccccc23)\C=C\CC\C=C\1. The predicted octanol–water partition coefficient (Wildman–Crippen LogP) is 11.7. The topological polar surface area (TPSA) is 13.1 Å². The van der Waals surface area contributed by atoms with Gasteiger partial charge in [0.2, 0.25) is 0 Å². The molecule has 0 amide bonds. The van der Waals surface area contributed by atoms with E-state index in [2.05, 4.69) is 154 Å². The second-order valence-electron chi connectivity index (χ2n) is 13.8. The molecule has 8 rings (SSSR count). The molecule has 0 fully saturated rings. The quantitative estimate of drug-likeness (QED) is 0.176. The van der Waals surface area contributed by atoms with E-state index in [9.17, 15) is 0 Å². The molecule has 0 unspecified atom stereocenters. The standard InChI is InChI=1S/C49H40O/c1-6-34-19-11-13-21-36(34)32(2)37-22-9-7-8-10-23-38(40-25-15-14-24-39(37)40)33(3)42-30-44-41-26-16-18-28-47(41)50-48(44)31-43(42)46-29-35-20-12-17-27-45(35)49(46,4)5/h6,9-31H,1-3,7-8H2,4-5H3/b22-9+,23-10+,39-37+,40-38+. The van der Waals surface area contributed by atoms with Crippen LogP contribution in [-0.2, 0) is 5.41 Å². The summed E-state index contributed by atoms with van der Waals surface area (Å²) >= 11 is 0. The van der Waals surface area contributed by atoms with Crippen molar-refractivity contribution in [2.24, 2.45) is 0 Å². The van der Waals surface area contributed by atoms with Crippen molar-refractivity contribution in [1.82, 2.24) is 0 Å². The van der Waals surface area contributed by atoms with E-state index in [4.69, 9.17) is 11.0 Å². The molecule has 1 heteroatoms. The molecule has 0 atom stereocenters. The number of allylic oxidation sites excluding steroid dienone is 7. The Kier molecular flexibility index (Phi) is 7.85. The van der Waals surface area contributed by atoms with Crippen molar-refractivity contribution in [2.75, 3.05) is 0 Å². The van der Waals surface area contributed by atoms with Gasteiger partial charge in [-0.15, -0.1) is 0 Å². The van der Waals surface area contributed by atoms with Crippen LogP contribution in [0.4, 0.5) is 0 Å². The largest absolute Gasteiger partial charge is 0.456 e. The third kappa shape index (κ3) is 5.18. The first-order valence-corrected chi connectivity index (χ1v) is 17.4. The summed E-state index contributed by atoms with van der Waals surface area (Å²) in [5.41, 5.74) is 14.0. The lowest BCUT2D eigenvalue weighted by Crippen LogP contribution is -2.29. The highest BCUT2D eigenvalue weighted by Crippen LogP contribution is 2.49. The first-order chi connectivity index (χ1) is 24.4. The Hall–Kier alpha value is -5.92. The number of rotatable bonds is 6. The molecule has 0 saturated carbocycles. The molecule has 1 aromatic heterocycles. The number of para-hydroxylation sites is 1. The first-order valence-electron chi connectivity index (χ1n) is 17.4. The summed E-state index contributed by atoms with van der Waals surface area (Å²) in [4.78, 5) is 0. The maximum Gasteiger partial charge on any atom is 0.136 e. The number of hydrogen-bond donors (Lipinski definition) is 0. The van der Waals surface area contributed by atoms with E-state index in [-0.39, 0.29) is 5.41 Å². The zero-order valence-corrected chi connectivity index (χ0v) is 28.8. The lowest BCUT2D eigenvalue weighted by molar-refractivity contribution is 0.668. The molecular formula is C49H40O. The summed E-state index contributed by atoms with van der Waals surface area (Å²) in [5, 5.41) is 4.45. The van der Waals surface area contributed by atoms with Crippen LogP contribution in [0.5, 0.6) is 0 Å². The number of hydrogen-bond acceptors (Lipinski definition) is 1. The lowest BCUT2D eigenvalue weighted by atomic mass is 9.76. The van der Waals surface area contributed by atoms with Crippen LogP contribution < -0.4 is 10.4 Å². The van der Waals surface area contributed by atoms with Crippen LogP contribution in [-0.4, -0.2) is 0 Å². The van der Waals surface area contributed by atoms with Gasteiger partial charge in [0.15, 0.2) is 0 Å². The van der Waals surface area contributed by atoms with Gasteiger partial charge in [-0.2, -0.15) is 0 Å². The van der Waals surface area contributed by atoms with Crippen molar-refractivity contribution in [2.45, 2.75) is 32.1 Å². The Morgan fingerprint density at radius 1 is 0.660 bits per heavy atom. The van der Waals surface area contributed by atoms with Crippen molar-refractivity contribution < 1.29 is 4.42 Å². The number of fused-ring (bicyclic) bond motifs is 5. The van der Waals surface area contributed by atoms with E-state index in [0.29, 0.717) is 0 Å². The Labute approximate surface area is 294 Å². The summed E-state index contributed by atoms with van der Waals surface area (Å²) in [6.45, 7) is 18.3. The van der Waals surface area contributed by atoms with Gasteiger partial charge in [-0.1, -0.05) is 155 Å². The molecule has 2 aliphatic rings. The molecule has 0 saturated heterocycles. The van der Waals surface area contributed by atoms with E-state index in [1.807, 2.05) is 18.2 Å². The van der Waals surface area contributed by atoms with Gasteiger partial charge in [-0.3, -0.25) is 0 Å². The van der Waals surface area contributed by atoms with Gasteiger partial charge in [-0.05, 0) is 109 Å². The first kappa shape index (κ1) is 31.4. The molecule has 0 spiro atoms. The van der Waals surface area contributed by atoms with Crippen LogP contribution in [0, 0.1) is 0 Å². The highest BCUT2D eigenvalue weighted by Gasteiger charge is 2.35. The number of furan rings is 1. The van der Waals surface area contributed by atoms with Crippen molar-refractivity contribution in [3.63, 3.8) is 0 Å². The maximum atomic E-state index is 6.50. The average molecular weight is 645 g/mol. The molecule has 5 aromatic carbocycles. The fourth-order valence-electron chi connectivity index (χ4n) is 7.82. The monoisotopic (exact) mass is 644 g/mol. The van der Waals surface area contributed by atoms with Gasteiger partial charge in [-0.25, -0.2) is 0 Å². The van der Waals surface area contributed by atoms with Crippen LogP contribution >= 0.6 is 0 Å². The van der Waals surface area contributed by atoms with Gasteiger partial charge in [0.1, 0.15) is 11.2 Å². The third-order valence-electron chi connectivity index (χ3n) is 10.5. The van der Waals surface area contributed by atoms with Crippen LogP contribution in [0.15, 0.2) is 158 Å². The average Bonchev–Trinajstić information content (AvgIpc) is 3.65. The highest BCUT2D eigenvalue weighted by atomic mass is 16.3. The molecule has 6 aromatic rings. The minimum atomic E-state index is -0.206. The zero-order chi connectivity index (χ0) is 34.4. The molecule has 2 aliphatic carbocycles. The predicted molar refractivity (Wildman–Crippen MR) is 216 cm³/mol. The van der Waals surface area contributed by atoms with E-state index in [1.165, 1.54) is 16.7 Å². The van der Waals surface area contributed by atoms with Crippen LogP contribution in [0.2, 0.25) is 0 Å². The van der Waals surface area contributed by atoms with Gasteiger partial charge < -0.3 is 4.42 Å². The Morgan fingerprint density at radius 2 is 1.28 bits per heavy atom. The fraction of sp³-hybridized carbons (Fsp3) is 0.102. The fourth-order valence-corrected chi connectivity index (χ4v) is 7.82. The summed E-state index contributed by atoms with van der Waals surface area (Å²) in [5.74, 6) is 0. The second kappa shape index (κ2) is 12.5. The highest BCUT2D eigenvalue weighted by molar-refractivity contribution is 6.13. The molecule has 1 heterocycles. The Bertz CT molecular complexity index is 2610. The summed E-state index contributed by atoms with van der Waals surface area (Å²) in [6.07, 6.45) is 15.2. The molecule has 0 N–H and O–H groups in total. The van der Waals surface area contributed by atoms with E-state index < -0.39 is 0 Å². The minimum absolute atomic E-state index is 0.206. The molecule has 242 valence electrons. The van der Waals surface area contributed by atoms with E-state index in [1.54, 1.807) is 0 Å². The van der Waals surface area contributed by atoms with Crippen LogP contribution in [0.25, 0.3) is 62.0 Å². The van der Waals surface area contributed by atoms with Crippen molar-refractivity contribution >= 4 is 62.0 Å². The van der Waals surface area contributed by atoms with E-state index >= 15 is 0 Å². The van der Waals surface area contributed by atoms with Gasteiger partial charge in [0.05, 0.1) is 0 Å². The molecule has 0 radical (unpaired) electrons. The summed E-state index contributed by atoms with van der Waals surface area (Å²) in [7, 11) is 0. The normalized spacial score (nSPS) is 18.6. The van der Waals surface area contributed by atoms with Crippen LogP contribution in [0.1, 0.15) is 60.1 Å². The van der Waals surface area contributed by atoms with Gasteiger partial charge in [0, 0.05) is 16.2 Å². The molecule has 0 bridgehead atoms. The van der Waals surface area contributed by atoms with Crippen molar-refractivity contribution in [1.29, 1.82) is 0 Å². The van der Waals surface area contributed by atoms with Crippen LogP contribution in [0.3, 0.4) is 0 Å².